The second-order valence-corrected chi connectivity index (χ2v) is 7.90. The van der Waals surface area contributed by atoms with Gasteiger partial charge in [-0.1, -0.05) is 18.2 Å². The second kappa shape index (κ2) is 8.78. The number of aryl methyl sites for hydroxylation is 1. The summed E-state index contributed by atoms with van der Waals surface area (Å²) in [7, 11) is 3.07. The Hall–Kier alpha value is -3.74. The van der Waals surface area contributed by atoms with Gasteiger partial charge in [-0.15, -0.1) is 0 Å². The van der Waals surface area contributed by atoms with E-state index in [0.29, 0.717) is 40.0 Å². The molecular formula is C25H26N2O5. The molecule has 0 bridgehead atoms. The Balaban J connectivity index is 1.55. The van der Waals surface area contributed by atoms with Crippen molar-refractivity contribution in [2.45, 2.75) is 32.7 Å². The summed E-state index contributed by atoms with van der Waals surface area (Å²) in [5.74, 6) is 0.808. The van der Waals surface area contributed by atoms with Crippen molar-refractivity contribution in [2.75, 3.05) is 14.2 Å². The van der Waals surface area contributed by atoms with Crippen molar-refractivity contribution >= 4 is 27.8 Å². The van der Waals surface area contributed by atoms with Gasteiger partial charge < -0.3 is 24.2 Å². The van der Waals surface area contributed by atoms with Crippen LogP contribution in [-0.4, -0.2) is 31.2 Å². The number of ether oxygens (including phenoxy) is 2. The van der Waals surface area contributed by atoms with E-state index in [9.17, 15) is 9.59 Å². The minimum Gasteiger partial charge on any atom is -0.496 e. The molecule has 1 amide bonds. The molecule has 0 aliphatic heterocycles. The molecule has 2 N–H and O–H groups in total. The molecule has 7 heteroatoms. The minimum absolute atomic E-state index is 0.0719. The molecule has 0 saturated heterocycles. The van der Waals surface area contributed by atoms with Gasteiger partial charge in [0, 0.05) is 35.3 Å². The topological polar surface area (TPSA) is 93.6 Å². The van der Waals surface area contributed by atoms with Crippen LogP contribution >= 0.6 is 0 Å². The zero-order valence-electron chi connectivity index (χ0n) is 18.6. The van der Waals surface area contributed by atoms with Gasteiger partial charge in [0.25, 0.3) is 0 Å². The first-order chi connectivity index (χ1) is 15.4. The SMILES string of the molecule is COc1cc(OC)c2c(C)c(CC(=O)N[C@H](C)Cc3c[nH]c4ccccc34)c(=O)oc2c1. The monoisotopic (exact) mass is 434 g/mol. The Morgan fingerprint density at radius 1 is 1.19 bits per heavy atom. The van der Waals surface area contributed by atoms with E-state index >= 15 is 0 Å². The maximum Gasteiger partial charge on any atom is 0.340 e. The Labute approximate surface area is 185 Å². The molecule has 7 nitrogen and oxygen atoms in total. The van der Waals surface area contributed by atoms with Crippen molar-refractivity contribution in [3.8, 4) is 11.5 Å². The quantitative estimate of drug-likeness (QED) is 0.431. The Morgan fingerprint density at radius 3 is 2.72 bits per heavy atom. The van der Waals surface area contributed by atoms with Gasteiger partial charge in [-0.25, -0.2) is 4.79 Å². The predicted molar refractivity (Wildman–Crippen MR) is 124 cm³/mol. The summed E-state index contributed by atoms with van der Waals surface area (Å²) in [5, 5.41) is 4.79. The number of para-hydroxylation sites is 1. The number of carbonyl (C=O) groups excluding carboxylic acids is 1. The zero-order chi connectivity index (χ0) is 22.8. The normalized spacial score (nSPS) is 12.1. The van der Waals surface area contributed by atoms with Gasteiger partial charge in [-0.05, 0) is 37.5 Å². The molecule has 0 unspecified atom stereocenters. The fourth-order valence-electron chi connectivity index (χ4n) is 4.13. The smallest absolute Gasteiger partial charge is 0.340 e. The van der Waals surface area contributed by atoms with Gasteiger partial charge >= 0.3 is 5.63 Å². The number of methoxy groups -OCH3 is 2. The zero-order valence-corrected chi connectivity index (χ0v) is 18.6. The number of amides is 1. The van der Waals surface area contributed by atoms with Crippen molar-refractivity contribution in [3.05, 3.63) is 69.7 Å². The summed E-state index contributed by atoms with van der Waals surface area (Å²) in [4.78, 5) is 28.7. The number of benzene rings is 2. The van der Waals surface area contributed by atoms with Gasteiger partial charge in [0.15, 0.2) is 0 Å². The van der Waals surface area contributed by atoms with Crippen LogP contribution in [0.15, 0.2) is 51.8 Å². The van der Waals surface area contributed by atoms with Crippen LogP contribution < -0.4 is 20.4 Å². The molecule has 0 aliphatic carbocycles. The van der Waals surface area contributed by atoms with Gasteiger partial charge in [0.1, 0.15) is 17.1 Å². The summed E-state index contributed by atoms with van der Waals surface area (Å²) < 4.78 is 16.2. The number of nitrogens with one attached hydrogen (secondary N) is 2. The molecule has 2 heterocycles. The van der Waals surface area contributed by atoms with Gasteiger partial charge in [0.05, 0.1) is 31.6 Å². The molecule has 4 rings (SSSR count). The number of aromatic amines is 1. The highest BCUT2D eigenvalue weighted by Gasteiger charge is 2.20. The van der Waals surface area contributed by atoms with Crippen molar-refractivity contribution in [3.63, 3.8) is 0 Å². The average Bonchev–Trinajstić information content (AvgIpc) is 3.18. The molecule has 2 aromatic heterocycles. The number of hydrogen-bond donors (Lipinski definition) is 2. The van der Waals surface area contributed by atoms with Crippen molar-refractivity contribution in [2.24, 2.45) is 0 Å². The van der Waals surface area contributed by atoms with Crippen molar-refractivity contribution in [1.29, 1.82) is 0 Å². The largest absolute Gasteiger partial charge is 0.496 e. The Bertz CT molecular complexity index is 1350. The fourth-order valence-corrected chi connectivity index (χ4v) is 4.13. The fraction of sp³-hybridized carbons (Fsp3) is 0.280. The highest BCUT2D eigenvalue weighted by atomic mass is 16.5. The first-order valence-electron chi connectivity index (χ1n) is 10.4. The van der Waals surface area contributed by atoms with Crippen LogP contribution in [-0.2, 0) is 17.6 Å². The molecule has 166 valence electrons. The first-order valence-corrected chi connectivity index (χ1v) is 10.4. The lowest BCUT2D eigenvalue weighted by atomic mass is 10.0. The molecule has 0 aliphatic rings. The molecule has 1 atom stereocenters. The van der Waals surface area contributed by atoms with Crippen molar-refractivity contribution in [1.82, 2.24) is 10.3 Å². The van der Waals surface area contributed by atoms with E-state index in [4.69, 9.17) is 13.9 Å². The van der Waals surface area contributed by atoms with Crippen LogP contribution in [0, 0.1) is 6.92 Å². The van der Waals surface area contributed by atoms with Gasteiger partial charge in [-0.2, -0.15) is 0 Å². The van der Waals surface area contributed by atoms with E-state index in [0.717, 1.165) is 16.5 Å². The number of carbonyl (C=O) groups is 1. The maximum atomic E-state index is 12.8. The molecule has 4 aromatic rings. The van der Waals surface area contributed by atoms with Crippen LogP contribution in [0.1, 0.15) is 23.6 Å². The van der Waals surface area contributed by atoms with Crippen LogP contribution in [0.5, 0.6) is 11.5 Å². The number of H-pyrrole nitrogens is 1. The number of hydrogen-bond acceptors (Lipinski definition) is 5. The summed E-state index contributed by atoms with van der Waals surface area (Å²) in [6.07, 6.45) is 2.57. The van der Waals surface area contributed by atoms with E-state index in [-0.39, 0.29) is 18.4 Å². The number of fused-ring (bicyclic) bond motifs is 2. The Kier molecular flexibility index (Phi) is 5.90. The van der Waals surface area contributed by atoms with E-state index in [2.05, 4.69) is 16.4 Å². The van der Waals surface area contributed by atoms with Gasteiger partial charge in [0.2, 0.25) is 5.91 Å². The summed E-state index contributed by atoms with van der Waals surface area (Å²) in [6, 6.07) is 11.3. The minimum atomic E-state index is -0.537. The number of rotatable bonds is 7. The van der Waals surface area contributed by atoms with Crippen LogP contribution in [0.25, 0.3) is 21.9 Å². The summed E-state index contributed by atoms with van der Waals surface area (Å²) >= 11 is 0. The highest BCUT2D eigenvalue weighted by molar-refractivity contribution is 5.90. The second-order valence-electron chi connectivity index (χ2n) is 7.90. The van der Waals surface area contributed by atoms with E-state index in [1.54, 1.807) is 19.1 Å². The third-order valence-electron chi connectivity index (χ3n) is 5.72. The number of aromatic nitrogens is 1. The van der Waals surface area contributed by atoms with Crippen LogP contribution in [0.4, 0.5) is 0 Å². The third-order valence-corrected chi connectivity index (χ3v) is 5.72. The summed E-state index contributed by atoms with van der Waals surface area (Å²) in [6.45, 7) is 3.75. The molecule has 32 heavy (non-hydrogen) atoms. The van der Waals surface area contributed by atoms with Crippen LogP contribution in [0.3, 0.4) is 0 Å². The average molecular weight is 434 g/mol. The van der Waals surface area contributed by atoms with Crippen LogP contribution in [0.2, 0.25) is 0 Å². The lowest BCUT2D eigenvalue weighted by Gasteiger charge is -2.15. The van der Waals surface area contributed by atoms with Gasteiger partial charge in [-0.3, -0.25) is 4.79 Å². The molecule has 2 aromatic carbocycles. The van der Waals surface area contributed by atoms with E-state index < -0.39 is 5.63 Å². The van der Waals surface area contributed by atoms with E-state index in [1.807, 2.05) is 31.3 Å². The molecular weight excluding hydrogens is 408 g/mol. The molecule has 0 fully saturated rings. The van der Waals surface area contributed by atoms with E-state index in [1.165, 1.54) is 14.2 Å². The Morgan fingerprint density at radius 2 is 1.97 bits per heavy atom. The van der Waals surface area contributed by atoms with Crippen molar-refractivity contribution < 1.29 is 18.7 Å². The molecule has 0 radical (unpaired) electrons. The molecule has 0 spiro atoms. The summed E-state index contributed by atoms with van der Waals surface area (Å²) in [5.41, 5.74) is 3.00. The standard InChI is InChI=1S/C25H26N2O5/c1-14(9-16-13-26-20-8-6-5-7-18(16)20)27-23(28)12-19-15(2)24-21(31-4)10-17(30-3)11-22(24)32-25(19)29/h5-8,10-11,13-14,26H,9,12H2,1-4H3,(H,27,28)/t14-/m1/s1. The first kappa shape index (κ1) is 21.5. The third kappa shape index (κ3) is 4.06. The lowest BCUT2D eigenvalue weighted by molar-refractivity contribution is -0.121. The lowest BCUT2D eigenvalue weighted by Crippen LogP contribution is -2.36. The predicted octanol–water partition coefficient (Wildman–Crippen LogP) is 3.89. The highest BCUT2D eigenvalue weighted by Crippen LogP contribution is 2.33. The maximum absolute atomic E-state index is 12.8. The molecule has 0 saturated carbocycles.